The quantitative estimate of drug-likeness (QED) is 0.860. The van der Waals surface area contributed by atoms with Crippen LogP contribution in [0.5, 0.6) is 5.75 Å². The molecule has 1 aromatic rings. The molecule has 1 aromatic carbocycles. The highest BCUT2D eigenvalue weighted by Crippen LogP contribution is 2.23. The minimum absolute atomic E-state index is 0.0705. The van der Waals surface area contributed by atoms with E-state index < -0.39 is 0 Å². The lowest BCUT2D eigenvalue weighted by Gasteiger charge is -2.18. The Hall–Kier alpha value is -1.29. The molecule has 0 radical (unpaired) electrons. The Morgan fingerprint density at radius 2 is 2.32 bits per heavy atom. The smallest absolute Gasteiger partial charge is 0.255 e. The molecule has 1 aliphatic carbocycles. The van der Waals surface area contributed by atoms with Crippen LogP contribution in [0.4, 0.5) is 0 Å². The van der Waals surface area contributed by atoms with Gasteiger partial charge in [0.25, 0.3) is 5.91 Å². The number of methoxy groups -OCH3 is 1. The first kappa shape index (κ1) is 14.1. The number of halogens is 1. The zero-order chi connectivity index (χ0) is 13.7. The van der Waals surface area contributed by atoms with Crippen molar-refractivity contribution in [2.24, 2.45) is 5.92 Å². The maximum atomic E-state index is 12.2. The number of amides is 1. The number of allylic oxidation sites excluding steroid dienone is 2. The number of rotatable bonds is 4. The molecule has 4 heteroatoms. The largest absolute Gasteiger partial charge is 0.496 e. The van der Waals surface area contributed by atoms with E-state index in [1.807, 2.05) is 6.07 Å². The second-order valence-corrected chi connectivity index (χ2v) is 5.62. The molecule has 1 N–H and O–H groups in total. The fourth-order valence-corrected chi connectivity index (χ4v) is 2.57. The van der Waals surface area contributed by atoms with Gasteiger partial charge in [0.1, 0.15) is 5.75 Å². The number of hydrogen-bond donors (Lipinski definition) is 1. The van der Waals surface area contributed by atoms with Gasteiger partial charge in [0.05, 0.1) is 12.7 Å². The maximum absolute atomic E-state index is 12.2. The third-order valence-electron chi connectivity index (χ3n) is 3.34. The van der Waals surface area contributed by atoms with E-state index in [0.717, 1.165) is 30.3 Å². The second-order valence-electron chi connectivity index (χ2n) is 4.71. The average molecular weight is 324 g/mol. The summed E-state index contributed by atoms with van der Waals surface area (Å²) in [5.41, 5.74) is 0.581. The van der Waals surface area contributed by atoms with Gasteiger partial charge in [-0.25, -0.2) is 0 Å². The monoisotopic (exact) mass is 323 g/mol. The SMILES string of the molecule is COc1cc(Br)ccc1C(=O)NCC1CC=CCC1. The molecule has 0 heterocycles. The van der Waals surface area contributed by atoms with Crippen LogP contribution in [-0.2, 0) is 0 Å². The van der Waals surface area contributed by atoms with E-state index in [4.69, 9.17) is 4.74 Å². The number of ether oxygens (including phenoxy) is 1. The van der Waals surface area contributed by atoms with Gasteiger partial charge in [-0.2, -0.15) is 0 Å². The van der Waals surface area contributed by atoms with Gasteiger partial charge >= 0.3 is 0 Å². The molecule has 1 atom stereocenters. The van der Waals surface area contributed by atoms with Gasteiger partial charge in [0.15, 0.2) is 0 Å². The van der Waals surface area contributed by atoms with E-state index in [1.54, 1.807) is 19.2 Å². The minimum Gasteiger partial charge on any atom is -0.496 e. The first-order valence-electron chi connectivity index (χ1n) is 6.47. The van der Waals surface area contributed by atoms with Crippen LogP contribution in [0, 0.1) is 5.92 Å². The molecule has 2 rings (SSSR count). The number of hydrogen-bond acceptors (Lipinski definition) is 2. The number of nitrogens with one attached hydrogen (secondary N) is 1. The summed E-state index contributed by atoms with van der Waals surface area (Å²) >= 11 is 3.37. The first-order valence-corrected chi connectivity index (χ1v) is 7.26. The van der Waals surface area contributed by atoms with Crippen molar-refractivity contribution < 1.29 is 9.53 Å². The Balaban J connectivity index is 1.97. The third-order valence-corrected chi connectivity index (χ3v) is 3.83. The Bertz CT molecular complexity index is 485. The van der Waals surface area contributed by atoms with Gasteiger partial charge in [-0.05, 0) is 43.4 Å². The van der Waals surface area contributed by atoms with Crippen LogP contribution >= 0.6 is 15.9 Å². The number of carbonyl (C=O) groups excluding carboxylic acids is 1. The van der Waals surface area contributed by atoms with Crippen molar-refractivity contribution >= 4 is 21.8 Å². The molecular formula is C15H18BrNO2. The van der Waals surface area contributed by atoms with Crippen molar-refractivity contribution in [3.63, 3.8) is 0 Å². The molecule has 0 saturated carbocycles. The van der Waals surface area contributed by atoms with Gasteiger partial charge in [0, 0.05) is 11.0 Å². The normalized spacial score (nSPS) is 18.1. The summed E-state index contributed by atoms with van der Waals surface area (Å²) < 4.78 is 6.14. The number of benzene rings is 1. The van der Waals surface area contributed by atoms with Crippen molar-refractivity contribution in [3.05, 3.63) is 40.4 Å². The minimum atomic E-state index is -0.0705. The van der Waals surface area contributed by atoms with Crippen LogP contribution in [0.2, 0.25) is 0 Å². The molecule has 0 spiro atoms. The van der Waals surface area contributed by atoms with E-state index in [9.17, 15) is 4.79 Å². The summed E-state index contributed by atoms with van der Waals surface area (Å²) in [6.07, 6.45) is 7.71. The fraction of sp³-hybridized carbons (Fsp3) is 0.400. The third kappa shape index (κ3) is 3.83. The van der Waals surface area contributed by atoms with Gasteiger partial charge in [-0.1, -0.05) is 28.1 Å². The molecule has 0 aromatic heterocycles. The van der Waals surface area contributed by atoms with Gasteiger partial charge < -0.3 is 10.1 Å². The van der Waals surface area contributed by atoms with Crippen LogP contribution in [-0.4, -0.2) is 19.6 Å². The van der Waals surface area contributed by atoms with Gasteiger partial charge in [0.2, 0.25) is 0 Å². The predicted molar refractivity (Wildman–Crippen MR) is 79.5 cm³/mol. The Morgan fingerprint density at radius 1 is 1.47 bits per heavy atom. The second kappa shape index (κ2) is 6.75. The van der Waals surface area contributed by atoms with E-state index in [1.165, 1.54) is 0 Å². The molecule has 102 valence electrons. The highest BCUT2D eigenvalue weighted by Gasteiger charge is 2.15. The first-order chi connectivity index (χ1) is 9.20. The van der Waals surface area contributed by atoms with E-state index in [0.29, 0.717) is 17.2 Å². The maximum Gasteiger partial charge on any atom is 0.255 e. The molecule has 1 aliphatic rings. The Labute approximate surface area is 122 Å². The van der Waals surface area contributed by atoms with E-state index in [-0.39, 0.29) is 5.91 Å². The lowest BCUT2D eigenvalue weighted by molar-refractivity contribution is 0.0943. The van der Waals surface area contributed by atoms with Crippen LogP contribution in [0.15, 0.2) is 34.8 Å². The molecule has 0 bridgehead atoms. The average Bonchev–Trinajstić information content (AvgIpc) is 2.45. The molecule has 1 amide bonds. The van der Waals surface area contributed by atoms with Crippen molar-refractivity contribution in [2.45, 2.75) is 19.3 Å². The van der Waals surface area contributed by atoms with Crippen LogP contribution < -0.4 is 10.1 Å². The zero-order valence-electron chi connectivity index (χ0n) is 11.0. The Morgan fingerprint density at radius 3 is 3.00 bits per heavy atom. The molecule has 3 nitrogen and oxygen atoms in total. The summed E-state index contributed by atoms with van der Waals surface area (Å²) in [5, 5.41) is 2.99. The summed E-state index contributed by atoms with van der Waals surface area (Å²) in [4.78, 5) is 12.2. The van der Waals surface area contributed by atoms with Crippen molar-refractivity contribution in [1.29, 1.82) is 0 Å². The fourth-order valence-electron chi connectivity index (χ4n) is 2.23. The molecule has 0 aliphatic heterocycles. The Kier molecular flexibility index (Phi) is 5.02. The van der Waals surface area contributed by atoms with E-state index in [2.05, 4.69) is 33.4 Å². The molecule has 0 fully saturated rings. The van der Waals surface area contributed by atoms with Crippen molar-refractivity contribution in [2.75, 3.05) is 13.7 Å². The molecule has 0 saturated heterocycles. The molecule has 1 unspecified atom stereocenters. The van der Waals surface area contributed by atoms with E-state index >= 15 is 0 Å². The zero-order valence-corrected chi connectivity index (χ0v) is 12.6. The topological polar surface area (TPSA) is 38.3 Å². The van der Waals surface area contributed by atoms with Gasteiger partial charge in [-0.15, -0.1) is 0 Å². The summed E-state index contributed by atoms with van der Waals surface area (Å²) in [6.45, 7) is 0.725. The standard InChI is InChI=1S/C15H18BrNO2/c1-19-14-9-12(16)7-8-13(14)15(18)17-10-11-5-3-2-4-6-11/h2-3,7-9,11H,4-6,10H2,1H3,(H,17,18). The highest BCUT2D eigenvalue weighted by molar-refractivity contribution is 9.10. The van der Waals surface area contributed by atoms with Crippen LogP contribution in [0.3, 0.4) is 0 Å². The van der Waals surface area contributed by atoms with Crippen LogP contribution in [0.25, 0.3) is 0 Å². The van der Waals surface area contributed by atoms with Gasteiger partial charge in [-0.3, -0.25) is 4.79 Å². The lowest BCUT2D eigenvalue weighted by atomic mass is 9.94. The summed E-state index contributed by atoms with van der Waals surface area (Å²) in [5.74, 6) is 1.07. The number of carbonyl (C=O) groups is 1. The molecule has 19 heavy (non-hydrogen) atoms. The lowest BCUT2D eigenvalue weighted by Crippen LogP contribution is -2.30. The summed E-state index contributed by atoms with van der Waals surface area (Å²) in [7, 11) is 1.57. The highest BCUT2D eigenvalue weighted by atomic mass is 79.9. The summed E-state index contributed by atoms with van der Waals surface area (Å²) in [6, 6.07) is 5.43. The predicted octanol–water partition coefficient (Wildman–Crippen LogP) is 3.54. The van der Waals surface area contributed by atoms with Crippen LogP contribution in [0.1, 0.15) is 29.6 Å². The molecular weight excluding hydrogens is 306 g/mol. The van der Waals surface area contributed by atoms with Crippen molar-refractivity contribution in [3.8, 4) is 5.75 Å². The van der Waals surface area contributed by atoms with Crippen molar-refractivity contribution in [1.82, 2.24) is 5.32 Å².